The molecule has 0 saturated carbocycles. The monoisotopic (exact) mass is 279 g/mol. The van der Waals surface area contributed by atoms with E-state index in [1.54, 1.807) is 48.3 Å². The van der Waals surface area contributed by atoms with E-state index in [2.05, 4.69) is 4.98 Å². The fourth-order valence-electron chi connectivity index (χ4n) is 1.35. The van der Waals surface area contributed by atoms with E-state index in [9.17, 15) is 4.79 Å². The molecule has 0 aliphatic heterocycles. The molecule has 0 bridgehead atoms. The molecular weight excluding hydrogens is 270 g/mol. The van der Waals surface area contributed by atoms with Crippen molar-refractivity contribution in [2.45, 2.75) is 10.6 Å². The predicted molar refractivity (Wildman–Crippen MR) is 72.2 cm³/mol. The highest BCUT2D eigenvalue weighted by molar-refractivity contribution is 7.98. The number of nitrogens with zero attached hydrogens (tertiary/aromatic N) is 1. The maximum absolute atomic E-state index is 10.7. The first-order valence-electron chi connectivity index (χ1n) is 5.22. The number of hydrogen-bond donors (Lipinski definition) is 1. The van der Waals surface area contributed by atoms with Gasteiger partial charge in [-0.25, -0.2) is 9.78 Å². The molecule has 0 saturated heterocycles. The highest BCUT2D eigenvalue weighted by Crippen LogP contribution is 2.23. The number of hydrogen-bond acceptors (Lipinski definition) is 3. The van der Waals surface area contributed by atoms with Gasteiger partial charge in [-0.05, 0) is 35.9 Å². The molecule has 0 fully saturated rings. The number of carboxylic acids is 1. The Labute approximate surface area is 114 Å². The molecule has 92 valence electrons. The van der Waals surface area contributed by atoms with Crippen LogP contribution in [-0.4, -0.2) is 16.1 Å². The average Bonchev–Trinajstić information content (AvgIpc) is 2.38. The lowest BCUT2D eigenvalue weighted by molar-refractivity contribution is 0.0697. The molecule has 2 rings (SSSR count). The number of thioether (sulfide) groups is 1. The second kappa shape index (κ2) is 5.89. The second-order valence-corrected chi connectivity index (χ2v) is 5.04. The summed E-state index contributed by atoms with van der Waals surface area (Å²) >= 11 is 7.33. The van der Waals surface area contributed by atoms with E-state index in [1.165, 1.54) is 0 Å². The first kappa shape index (κ1) is 12.9. The molecule has 18 heavy (non-hydrogen) atoms. The molecule has 2 aromatic rings. The predicted octanol–water partition coefficient (Wildman–Crippen LogP) is 3.73. The maximum atomic E-state index is 10.7. The third-order valence-corrected chi connectivity index (χ3v) is 3.60. The summed E-state index contributed by atoms with van der Waals surface area (Å²) in [6.07, 6.45) is 1.74. The van der Waals surface area contributed by atoms with Gasteiger partial charge in [-0.15, -0.1) is 11.8 Å². The lowest BCUT2D eigenvalue weighted by Gasteiger charge is -2.02. The van der Waals surface area contributed by atoms with Crippen LogP contribution in [0.1, 0.15) is 15.9 Å². The molecule has 0 unspecified atom stereocenters. The molecule has 1 heterocycles. The lowest BCUT2D eigenvalue weighted by atomic mass is 10.2. The molecule has 1 N–H and O–H groups in total. The molecule has 0 amide bonds. The minimum atomic E-state index is -0.909. The smallest absolute Gasteiger partial charge is 0.335 e. The summed E-state index contributed by atoms with van der Waals surface area (Å²) < 4.78 is 0. The van der Waals surface area contributed by atoms with E-state index in [0.29, 0.717) is 10.7 Å². The quantitative estimate of drug-likeness (QED) is 0.684. The van der Waals surface area contributed by atoms with E-state index in [1.807, 2.05) is 6.07 Å². The molecule has 0 aliphatic rings. The average molecular weight is 280 g/mol. The third kappa shape index (κ3) is 3.48. The van der Waals surface area contributed by atoms with Crippen molar-refractivity contribution < 1.29 is 9.90 Å². The zero-order chi connectivity index (χ0) is 13.0. The van der Waals surface area contributed by atoms with Crippen molar-refractivity contribution in [1.29, 1.82) is 0 Å². The Morgan fingerprint density at radius 3 is 2.50 bits per heavy atom. The molecule has 5 heteroatoms. The molecule has 1 aromatic heterocycles. The van der Waals surface area contributed by atoms with Crippen LogP contribution in [0.15, 0.2) is 47.5 Å². The van der Waals surface area contributed by atoms with Gasteiger partial charge >= 0.3 is 5.97 Å². The topological polar surface area (TPSA) is 50.2 Å². The first-order valence-corrected chi connectivity index (χ1v) is 6.58. The largest absolute Gasteiger partial charge is 0.478 e. The maximum Gasteiger partial charge on any atom is 0.335 e. The number of aromatic nitrogens is 1. The molecule has 1 aromatic carbocycles. The van der Waals surface area contributed by atoms with E-state index in [4.69, 9.17) is 16.7 Å². The van der Waals surface area contributed by atoms with Gasteiger partial charge in [-0.3, -0.25) is 0 Å². The van der Waals surface area contributed by atoms with Crippen LogP contribution >= 0.6 is 23.4 Å². The number of pyridine rings is 1. The molecule has 0 aliphatic carbocycles. The van der Waals surface area contributed by atoms with Gasteiger partial charge in [0.15, 0.2) is 0 Å². The van der Waals surface area contributed by atoms with Crippen LogP contribution in [0, 0.1) is 0 Å². The minimum absolute atomic E-state index is 0.299. The summed E-state index contributed by atoms with van der Waals surface area (Å²) in [4.78, 5) is 15.7. The summed E-state index contributed by atoms with van der Waals surface area (Å²) in [7, 11) is 0. The van der Waals surface area contributed by atoms with Crippen molar-refractivity contribution in [1.82, 2.24) is 4.98 Å². The van der Waals surface area contributed by atoms with E-state index < -0.39 is 5.97 Å². The van der Waals surface area contributed by atoms with Gasteiger partial charge in [-0.1, -0.05) is 17.7 Å². The minimum Gasteiger partial charge on any atom is -0.478 e. The van der Waals surface area contributed by atoms with Crippen molar-refractivity contribution in [2.24, 2.45) is 0 Å². The molecule has 0 radical (unpaired) electrons. The number of aromatic carboxylic acids is 1. The number of rotatable bonds is 4. The Kier molecular flexibility index (Phi) is 4.23. The third-order valence-electron chi connectivity index (χ3n) is 2.30. The molecule has 3 nitrogen and oxygen atoms in total. The Balaban J connectivity index is 1.97. The second-order valence-electron chi connectivity index (χ2n) is 3.61. The fourth-order valence-corrected chi connectivity index (χ4v) is 2.30. The standard InChI is InChI=1S/C13H10ClNO2S/c14-12-6-1-9(7-15-12)8-18-11-4-2-10(3-5-11)13(16)17/h1-7H,8H2,(H,16,17). The molecular formula is C13H10ClNO2S. The summed E-state index contributed by atoms with van der Waals surface area (Å²) in [5, 5.41) is 9.26. The van der Waals surface area contributed by atoms with Gasteiger partial charge in [-0.2, -0.15) is 0 Å². The molecule has 0 spiro atoms. The Morgan fingerprint density at radius 2 is 1.94 bits per heavy atom. The highest BCUT2D eigenvalue weighted by Gasteiger charge is 2.02. The van der Waals surface area contributed by atoms with Crippen LogP contribution < -0.4 is 0 Å². The summed E-state index contributed by atoms with van der Waals surface area (Å²) in [6.45, 7) is 0. The van der Waals surface area contributed by atoms with Crippen molar-refractivity contribution in [3.05, 3.63) is 58.9 Å². The SMILES string of the molecule is O=C(O)c1ccc(SCc2ccc(Cl)nc2)cc1. The van der Waals surface area contributed by atoms with Crippen LogP contribution in [0.3, 0.4) is 0 Å². The molecule has 0 atom stereocenters. The van der Waals surface area contributed by atoms with Crippen LogP contribution in [-0.2, 0) is 5.75 Å². The number of benzene rings is 1. The van der Waals surface area contributed by atoms with Crippen molar-refractivity contribution in [3.8, 4) is 0 Å². The highest BCUT2D eigenvalue weighted by atomic mass is 35.5. The zero-order valence-corrected chi connectivity index (χ0v) is 10.9. The zero-order valence-electron chi connectivity index (χ0n) is 9.34. The van der Waals surface area contributed by atoms with Crippen molar-refractivity contribution in [2.75, 3.05) is 0 Å². The summed E-state index contributed by atoms with van der Waals surface area (Å²) in [6, 6.07) is 10.5. The van der Waals surface area contributed by atoms with Gasteiger partial charge in [0.05, 0.1) is 5.56 Å². The number of carbonyl (C=O) groups is 1. The number of halogens is 1. The van der Waals surface area contributed by atoms with E-state index in [-0.39, 0.29) is 0 Å². The van der Waals surface area contributed by atoms with Gasteiger partial charge in [0.25, 0.3) is 0 Å². The Bertz CT molecular complexity index is 540. The normalized spacial score (nSPS) is 10.3. The van der Waals surface area contributed by atoms with E-state index >= 15 is 0 Å². The Hall–Kier alpha value is -1.52. The van der Waals surface area contributed by atoms with Gasteiger partial charge in [0, 0.05) is 16.8 Å². The Morgan fingerprint density at radius 1 is 1.22 bits per heavy atom. The van der Waals surface area contributed by atoms with Gasteiger partial charge < -0.3 is 5.11 Å². The van der Waals surface area contributed by atoms with Gasteiger partial charge in [0.2, 0.25) is 0 Å². The van der Waals surface area contributed by atoms with E-state index in [0.717, 1.165) is 16.2 Å². The lowest BCUT2D eigenvalue weighted by Crippen LogP contribution is -1.94. The van der Waals surface area contributed by atoms with Crippen LogP contribution in [0.4, 0.5) is 0 Å². The van der Waals surface area contributed by atoms with Crippen LogP contribution in [0.2, 0.25) is 5.15 Å². The van der Waals surface area contributed by atoms with Crippen LogP contribution in [0.25, 0.3) is 0 Å². The summed E-state index contributed by atoms with van der Waals surface area (Å²) in [5.41, 5.74) is 1.37. The van der Waals surface area contributed by atoms with Crippen molar-refractivity contribution >= 4 is 29.3 Å². The summed E-state index contributed by atoms with van der Waals surface area (Å²) in [5.74, 6) is -0.134. The number of carboxylic acid groups (broad SMARTS) is 1. The fraction of sp³-hybridized carbons (Fsp3) is 0.0769. The van der Waals surface area contributed by atoms with Crippen LogP contribution in [0.5, 0.6) is 0 Å². The van der Waals surface area contributed by atoms with Gasteiger partial charge in [0.1, 0.15) is 5.15 Å². The van der Waals surface area contributed by atoms with Crippen molar-refractivity contribution in [3.63, 3.8) is 0 Å². The first-order chi connectivity index (χ1) is 8.65.